The van der Waals surface area contributed by atoms with E-state index in [1.807, 2.05) is 0 Å². The Morgan fingerprint density at radius 2 is 0.346 bits per heavy atom. The average molecular weight is 1100 g/mol. The van der Waals surface area contributed by atoms with Crippen LogP contribution in [0.15, 0.2) is 0 Å². The van der Waals surface area contributed by atoms with E-state index < -0.39 is 6.10 Å². The molecule has 0 aliphatic heterocycles. The Labute approximate surface area is 488 Å². The van der Waals surface area contributed by atoms with Crippen LogP contribution in [0.2, 0.25) is 0 Å². The number of unbranched alkanes of at least 4 members (excludes halogenated alkanes) is 57. The minimum atomic E-state index is -0.763. The largest absolute Gasteiger partial charge is 0.462 e. The first-order valence-corrected chi connectivity index (χ1v) is 36.0. The molecule has 0 N–H and O–H groups in total. The van der Waals surface area contributed by atoms with Gasteiger partial charge in [-0.3, -0.25) is 14.4 Å². The number of carbonyl (C=O) groups excluding carboxylic acids is 3. The fraction of sp³-hybridized carbons (Fsp3) is 0.958. The third kappa shape index (κ3) is 65.2. The summed E-state index contributed by atoms with van der Waals surface area (Å²) in [6, 6.07) is 0. The maximum Gasteiger partial charge on any atom is 0.306 e. The third-order valence-electron chi connectivity index (χ3n) is 16.9. The van der Waals surface area contributed by atoms with Crippen molar-refractivity contribution < 1.29 is 28.6 Å². The topological polar surface area (TPSA) is 78.9 Å². The van der Waals surface area contributed by atoms with Crippen molar-refractivity contribution in [2.75, 3.05) is 13.2 Å². The van der Waals surface area contributed by atoms with Gasteiger partial charge in [0.15, 0.2) is 6.10 Å². The fourth-order valence-corrected chi connectivity index (χ4v) is 11.5. The summed E-state index contributed by atoms with van der Waals surface area (Å²) in [6.45, 7) is 6.73. The molecular formula is C72H140O6. The molecular weight excluding hydrogens is 961 g/mol. The van der Waals surface area contributed by atoms with Gasteiger partial charge in [-0.1, -0.05) is 387 Å². The summed E-state index contributed by atoms with van der Waals surface area (Å²) in [7, 11) is 0. The van der Waals surface area contributed by atoms with Crippen LogP contribution in [-0.4, -0.2) is 37.2 Å². The first-order chi connectivity index (χ1) is 38.5. The summed E-state index contributed by atoms with van der Waals surface area (Å²) in [5.41, 5.74) is 0. The number of hydrogen-bond acceptors (Lipinski definition) is 6. The predicted octanol–water partition coefficient (Wildman–Crippen LogP) is 24.6. The number of carbonyl (C=O) groups is 3. The molecule has 0 aliphatic carbocycles. The van der Waals surface area contributed by atoms with Gasteiger partial charge in [0.05, 0.1) is 0 Å². The van der Waals surface area contributed by atoms with E-state index in [9.17, 15) is 14.4 Å². The molecule has 1 atom stereocenters. The molecule has 6 heteroatoms. The van der Waals surface area contributed by atoms with Crippen LogP contribution in [-0.2, 0) is 28.6 Å². The van der Waals surface area contributed by atoms with Gasteiger partial charge < -0.3 is 14.2 Å². The van der Waals surface area contributed by atoms with Crippen molar-refractivity contribution in [2.24, 2.45) is 0 Å². The van der Waals surface area contributed by atoms with Gasteiger partial charge in [0.25, 0.3) is 0 Å². The molecule has 0 spiro atoms. The van der Waals surface area contributed by atoms with Gasteiger partial charge in [0.2, 0.25) is 0 Å². The van der Waals surface area contributed by atoms with Crippen LogP contribution in [0.1, 0.15) is 425 Å². The first kappa shape index (κ1) is 76.4. The summed E-state index contributed by atoms with van der Waals surface area (Å²) >= 11 is 0. The van der Waals surface area contributed by atoms with E-state index in [0.29, 0.717) is 19.3 Å². The fourth-order valence-electron chi connectivity index (χ4n) is 11.5. The first-order valence-electron chi connectivity index (χ1n) is 36.0. The minimum Gasteiger partial charge on any atom is -0.462 e. The molecule has 78 heavy (non-hydrogen) atoms. The number of esters is 3. The number of hydrogen-bond donors (Lipinski definition) is 0. The standard InChI is InChI=1S/C72H140O6/c1-4-7-10-13-16-19-22-24-26-28-30-32-34-36-38-40-42-44-46-48-50-53-56-59-62-65-71(74)77-68-69(67-76-70(73)64-61-58-55-52-21-18-15-12-9-6-3)78-72(75)66-63-60-57-54-51-49-47-45-43-41-39-37-35-33-31-29-27-25-23-20-17-14-11-8-5-2/h69H,4-68H2,1-3H3. The van der Waals surface area contributed by atoms with Crippen molar-refractivity contribution in [3.05, 3.63) is 0 Å². The third-order valence-corrected chi connectivity index (χ3v) is 16.9. The Bertz CT molecular complexity index is 1170. The zero-order chi connectivity index (χ0) is 56.4. The van der Waals surface area contributed by atoms with Crippen LogP contribution in [0, 0.1) is 0 Å². The zero-order valence-corrected chi connectivity index (χ0v) is 53.5. The van der Waals surface area contributed by atoms with Gasteiger partial charge in [-0.25, -0.2) is 0 Å². The average Bonchev–Trinajstić information content (AvgIpc) is 3.44. The predicted molar refractivity (Wildman–Crippen MR) is 340 cm³/mol. The Kier molecular flexibility index (Phi) is 66.5. The van der Waals surface area contributed by atoms with Gasteiger partial charge in [0.1, 0.15) is 13.2 Å². The van der Waals surface area contributed by atoms with E-state index in [1.54, 1.807) is 0 Å². The zero-order valence-electron chi connectivity index (χ0n) is 53.5. The van der Waals surface area contributed by atoms with Crippen LogP contribution < -0.4 is 0 Å². The normalized spacial score (nSPS) is 11.9. The van der Waals surface area contributed by atoms with E-state index in [-0.39, 0.29) is 31.1 Å². The molecule has 0 saturated carbocycles. The molecule has 0 aromatic carbocycles. The van der Waals surface area contributed by atoms with Gasteiger partial charge in [-0.2, -0.15) is 0 Å². The Morgan fingerprint density at radius 1 is 0.205 bits per heavy atom. The van der Waals surface area contributed by atoms with Gasteiger partial charge in [-0.15, -0.1) is 0 Å². The molecule has 464 valence electrons. The molecule has 0 aliphatic rings. The molecule has 0 radical (unpaired) electrons. The summed E-state index contributed by atoms with van der Waals surface area (Å²) in [5.74, 6) is -0.823. The molecule has 0 fully saturated rings. The molecule has 0 heterocycles. The van der Waals surface area contributed by atoms with Crippen molar-refractivity contribution in [3.8, 4) is 0 Å². The second kappa shape index (κ2) is 67.9. The maximum atomic E-state index is 12.9. The van der Waals surface area contributed by atoms with Crippen LogP contribution in [0.5, 0.6) is 0 Å². The van der Waals surface area contributed by atoms with Crippen LogP contribution in [0.25, 0.3) is 0 Å². The minimum absolute atomic E-state index is 0.0605. The van der Waals surface area contributed by atoms with E-state index in [2.05, 4.69) is 20.8 Å². The summed E-state index contributed by atoms with van der Waals surface area (Å²) in [6.07, 6.45) is 80.1. The number of ether oxygens (including phenoxy) is 3. The Balaban J connectivity index is 4.10. The highest BCUT2D eigenvalue weighted by molar-refractivity contribution is 5.71. The second-order valence-electron chi connectivity index (χ2n) is 24.9. The molecule has 1 unspecified atom stereocenters. The summed E-state index contributed by atoms with van der Waals surface area (Å²) < 4.78 is 17.0. The molecule has 0 saturated heterocycles. The van der Waals surface area contributed by atoms with Crippen LogP contribution in [0.4, 0.5) is 0 Å². The SMILES string of the molecule is CCCCCCCCCCCCCCCCCCCCCCCCCCCC(=O)OCC(COC(=O)CCCCCCCCCCCC)OC(=O)CCCCCCCCCCCCCCCCCCCCCCCCCCC. The lowest BCUT2D eigenvalue weighted by Crippen LogP contribution is -2.30. The van der Waals surface area contributed by atoms with E-state index in [4.69, 9.17) is 14.2 Å². The van der Waals surface area contributed by atoms with Crippen molar-refractivity contribution >= 4 is 17.9 Å². The quantitative estimate of drug-likeness (QED) is 0.0343. The number of rotatable bonds is 68. The van der Waals surface area contributed by atoms with Gasteiger partial charge in [-0.05, 0) is 19.3 Å². The van der Waals surface area contributed by atoms with Crippen molar-refractivity contribution in [2.45, 2.75) is 431 Å². The van der Waals surface area contributed by atoms with Crippen molar-refractivity contribution in [1.29, 1.82) is 0 Å². The molecule has 0 aromatic heterocycles. The molecule has 6 nitrogen and oxygen atoms in total. The smallest absolute Gasteiger partial charge is 0.306 e. The lowest BCUT2D eigenvalue weighted by Gasteiger charge is -2.18. The second-order valence-corrected chi connectivity index (χ2v) is 24.9. The maximum absolute atomic E-state index is 12.9. The summed E-state index contributed by atoms with van der Waals surface area (Å²) in [5, 5.41) is 0. The Hall–Kier alpha value is -1.59. The van der Waals surface area contributed by atoms with E-state index in [1.165, 1.54) is 327 Å². The van der Waals surface area contributed by atoms with Crippen molar-refractivity contribution in [1.82, 2.24) is 0 Å². The van der Waals surface area contributed by atoms with Gasteiger partial charge in [0, 0.05) is 19.3 Å². The van der Waals surface area contributed by atoms with Gasteiger partial charge >= 0.3 is 17.9 Å². The highest BCUT2D eigenvalue weighted by Gasteiger charge is 2.20. The lowest BCUT2D eigenvalue weighted by atomic mass is 10.0. The monoisotopic (exact) mass is 1100 g/mol. The molecule has 0 bridgehead atoms. The highest BCUT2D eigenvalue weighted by Crippen LogP contribution is 2.20. The van der Waals surface area contributed by atoms with Crippen LogP contribution >= 0.6 is 0 Å². The van der Waals surface area contributed by atoms with Crippen LogP contribution in [0.3, 0.4) is 0 Å². The summed E-state index contributed by atoms with van der Waals surface area (Å²) in [4.78, 5) is 38.3. The molecule has 0 aromatic rings. The molecule has 0 amide bonds. The van der Waals surface area contributed by atoms with Crippen molar-refractivity contribution in [3.63, 3.8) is 0 Å². The lowest BCUT2D eigenvalue weighted by molar-refractivity contribution is -0.167. The highest BCUT2D eigenvalue weighted by atomic mass is 16.6. The Morgan fingerprint density at radius 3 is 0.513 bits per heavy atom. The van der Waals surface area contributed by atoms with E-state index in [0.717, 1.165) is 57.8 Å². The molecule has 0 rings (SSSR count). The van der Waals surface area contributed by atoms with E-state index >= 15 is 0 Å².